The molecule has 0 aromatic carbocycles. The van der Waals surface area contributed by atoms with Gasteiger partial charge in [-0.2, -0.15) is 4.98 Å². The summed E-state index contributed by atoms with van der Waals surface area (Å²) < 4.78 is 22.9. The summed E-state index contributed by atoms with van der Waals surface area (Å²) in [6.45, 7) is 3.20. The highest BCUT2D eigenvalue weighted by atomic mass is 79.9. The summed E-state index contributed by atoms with van der Waals surface area (Å²) in [6, 6.07) is 2.36. The minimum absolute atomic E-state index is 0.0298. The number of sulfonamides is 1. The molecule has 0 radical (unpaired) electrons. The number of nitrogens with two attached hydrogens (primary N) is 1. The van der Waals surface area contributed by atoms with Crippen molar-refractivity contribution < 1.29 is 13.2 Å². The van der Waals surface area contributed by atoms with Crippen LogP contribution < -0.4 is 15.8 Å². The highest BCUT2D eigenvalue weighted by Crippen LogP contribution is 2.22. The minimum Gasteiger partial charge on any atom is -0.359 e. The van der Waals surface area contributed by atoms with Gasteiger partial charge in [-0.3, -0.25) is 4.79 Å². The third kappa shape index (κ3) is 4.69. The predicted octanol–water partition coefficient (Wildman–Crippen LogP) is 1.41. The first-order chi connectivity index (χ1) is 11.2. The molecule has 1 unspecified atom stereocenters. The zero-order valence-electron chi connectivity index (χ0n) is 12.8. The molecular formula is C13H15BrN6O3S. The molecular weight excluding hydrogens is 400 g/mol. The fraction of sp³-hybridized carbons (Fsp3) is 0.231. The second kappa shape index (κ2) is 7.20. The molecule has 2 aromatic rings. The van der Waals surface area contributed by atoms with E-state index in [0.717, 1.165) is 0 Å². The minimum atomic E-state index is -3.84. The molecule has 0 fully saturated rings. The smallest absolute Gasteiger partial charge is 0.255 e. The van der Waals surface area contributed by atoms with E-state index in [1.54, 1.807) is 6.92 Å². The van der Waals surface area contributed by atoms with E-state index >= 15 is 0 Å². The van der Waals surface area contributed by atoms with Crippen molar-refractivity contribution in [2.75, 3.05) is 10.6 Å². The third-order valence-corrected chi connectivity index (χ3v) is 4.40. The number of hydrogen-bond donors (Lipinski definition) is 3. The quantitative estimate of drug-likeness (QED) is 0.644. The van der Waals surface area contributed by atoms with E-state index < -0.39 is 16.1 Å². The summed E-state index contributed by atoms with van der Waals surface area (Å²) in [5.74, 6) is 0.670. The molecule has 0 aliphatic heterocycles. The average molecular weight is 415 g/mol. The Balaban J connectivity index is 2.19. The Kier molecular flexibility index (Phi) is 5.47. The van der Waals surface area contributed by atoms with Gasteiger partial charge in [0.05, 0.1) is 22.4 Å². The van der Waals surface area contributed by atoms with Crippen LogP contribution in [0.5, 0.6) is 0 Å². The van der Waals surface area contributed by atoms with Gasteiger partial charge >= 0.3 is 0 Å². The first kappa shape index (κ1) is 18.2. The molecule has 9 nitrogen and oxygen atoms in total. The first-order valence-corrected chi connectivity index (χ1v) is 9.06. The van der Waals surface area contributed by atoms with Crippen molar-refractivity contribution in [3.05, 3.63) is 29.0 Å². The lowest BCUT2D eigenvalue weighted by atomic mass is 10.2. The largest absolute Gasteiger partial charge is 0.359 e. The highest BCUT2D eigenvalue weighted by Gasteiger charge is 2.13. The maximum Gasteiger partial charge on any atom is 0.255 e. The molecule has 24 heavy (non-hydrogen) atoms. The Hall–Kier alpha value is -2.11. The highest BCUT2D eigenvalue weighted by molar-refractivity contribution is 9.10. The number of hydrogen-bond acceptors (Lipinski definition) is 8. The van der Waals surface area contributed by atoms with Crippen molar-refractivity contribution in [1.82, 2.24) is 15.0 Å². The number of halogens is 1. The van der Waals surface area contributed by atoms with Crippen LogP contribution in [0.2, 0.25) is 0 Å². The van der Waals surface area contributed by atoms with Crippen molar-refractivity contribution in [3.8, 4) is 0 Å². The lowest BCUT2D eigenvalue weighted by molar-refractivity contribution is -0.117. The Labute approximate surface area is 147 Å². The van der Waals surface area contributed by atoms with Gasteiger partial charge in [-0.1, -0.05) is 0 Å². The number of pyridine rings is 1. The van der Waals surface area contributed by atoms with Crippen molar-refractivity contribution >= 4 is 49.2 Å². The molecule has 4 N–H and O–H groups in total. The van der Waals surface area contributed by atoms with Gasteiger partial charge in [-0.05, 0) is 41.9 Å². The molecule has 2 aromatic heterocycles. The third-order valence-electron chi connectivity index (χ3n) is 2.99. The number of aromatic nitrogens is 3. The second-order valence-corrected chi connectivity index (χ2v) is 7.28. The zero-order valence-corrected chi connectivity index (χ0v) is 15.2. The average Bonchev–Trinajstić information content (AvgIpc) is 2.50. The molecule has 128 valence electrons. The van der Waals surface area contributed by atoms with Crippen LogP contribution in [-0.4, -0.2) is 35.2 Å². The van der Waals surface area contributed by atoms with Gasteiger partial charge in [0.15, 0.2) is 10.8 Å². The van der Waals surface area contributed by atoms with Crippen LogP contribution in [0.3, 0.4) is 0 Å². The van der Waals surface area contributed by atoms with E-state index in [2.05, 4.69) is 41.5 Å². The Morgan fingerprint density at radius 1 is 1.29 bits per heavy atom. The number of nitrogens with one attached hydrogen (secondary N) is 2. The second-order valence-electron chi connectivity index (χ2n) is 4.92. The molecule has 2 rings (SSSR count). The van der Waals surface area contributed by atoms with Gasteiger partial charge in [-0.25, -0.2) is 23.5 Å². The molecule has 2 heterocycles. The van der Waals surface area contributed by atoms with Crippen LogP contribution in [-0.2, 0) is 14.8 Å². The number of rotatable bonds is 6. The van der Waals surface area contributed by atoms with E-state index in [4.69, 9.17) is 5.14 Å². The van der Waals surface area contributed by atoms with E-state index in [0.29, 0.717) is 16.0 Å². The van der Waals surface area contributed by atoms with Crippen LogP contribution in [0, 0.1) is 0 Å². The maximum absolute atomic E-state index is 11.3. The number of carbonyl (C=O) groups excluding carboxylic acids is 1. The van der Waals surface area contributed by atoms with Crippen LogP contribution in [0.25, 0.3) is 0 Å². The lowest BCUT2D eigenvalue weighted by Gasteiger charge is -2.13. The molecule has 1 atom stereocenters. The zero-order chi connectivity index (χ0) is 17.9. The molecule has 0 saturated heterocycles. The van der Waals surface area contributed by atoms with Gasteiger partial charge < -0.3 is 10.6 Å². The Morgan fingerprint density at radius 3 is 2.54 bits per heavy atom. The van der Waals surface area contributed by atoms with Crippen molar-refractivity contribution in [2.45, 2.75) is 24.9 Å². The van der Waals surface area contributed by atoms with E-state index in [1.807, 2.05) is 0 Å². The SMILES string of the molecule is CC(=O)C(C)Nc1nc(Nc2ccc(S(N)(=O)=O)nc2)ncc1Br. The maximum atomic E-state index is 11.3. The summed E-state index contributed by atoms with van der Waals surface area (Å²) >= 11 is 3.31. The number of primary sulfonamides is 1. The molecule has 0 amide bonds. The Morgan fingerprint density at radius 2 is 2.00 bits per heavy atom. The number of nitrogens with zero attached hydrogens (tertiary/aromatic N) is 3. The fourth-order valence-corrected chi connectivity index (χ4v) is 2.35. The topological polar surface area (TPSA) is 140 Å². The van der Waals surface area contributed by atoms with Crippen LogP contribution in [0.4, 0.5) is 17.5 Å². The molecule has 0 aliphatic rings. The number of carbonyl (C=O) groups is 1. The van der Waals surface area contributed by atoms with Crippen molar-refractivity contribution in [2.24, 2.45) is 5.14 Å². The number of Topliss-reactive ketones (excluding diaryl/α,β-unsaturated/α-hetero) is 1. The van der Waals surface area contributed by atoms with Crippen LogP contribution in [0.15, 0.2) is 34.0 Å². The molecule has 11 heteroatoms. The summed E-state index contributed by atoms with van der Waals surface area (Å²) in [6.07, 6.45) is 2.83. The standard InChI is InChI=1S/C13H15BrN6O3S/c1-7(8(2)21)18-12-10(14)6-17-13(20-12)19-9-3-4-11(16-5-9)24(15,22)23/h3-7H,1-2H3,(H2,15,22,23)(H2,17,18,19,20). The van der Waals surface area contributed by atoms with Gasteiger partial charge in [0.25, 0.3) is 10.0 Å². The van der Waals surface area contributed by atoms with Crippen molar-refractivity contribution in [1.29, 1.82) is 0 Å². The molecule has 0 aliphatic carbocycles. The van der Waals surface area contributed by atoms with E-state index in [1.165, 1.54) is 31.5 Å². The van der Waals surface area contributed by atoms with E-state index in [-0.39, 0.29) is 16.8 Å². The summed E-state index contributed by atoms with van der Waals surface area (Å²) in [5.41, 5.74) is 0.482. The summed E-state index contributed by atoms with van der Waals surface area (Å²) in [7, 11) is -3.84. The number of ketones is 1. The van der Waals surface area contributed by atoms with Gasteiger partial charge in [0, 0.05) is 6.20 Å². The Bertz CT molecular complexity index is 857. The van der Waals surface area contributed by atoms with Gasteiger partial charge in [0.1, 0.15) is 5.82 Å². The number of anilines is 3. The lowest BCUT2D eigenvalue weighted by Crippen LogP contribution is -2.24. The predicted molar refractivity (Wildman–Crippen MR) is 92.4 cm³/mol. The first-order valence-electron chi connectivity index (χ1n) is 6.72. The van der Waals surface area contributed by atoms with Crippen LogP contribution in [0.1, 0.15) is 13.8 Å². The molecule has 0 saturated carbocycles. The van der Waals surface area contributed by atoms with E-state index in [9.17, 15) is 13.2 Å². The molecule has 0 spiro atoms. The van der Waals surface area contributed by atoms with Gasteiger partial charge in [-0.15, -0.1) is 0 Å². The fourth-order valence-electron chi connectivity index (χ4n) is 1.59. The van der Waals surface area contributed by atoms with Gasteiger partial charge in [0.2, 0.25) is 5.95 Å². The molecule has 0 bridgehead atoms. The summed E-state index contributed by atoms with van der Waals surface area (Å²) in [5, 5.41) is 10.6. The van der Waals surface area contributed by atoms with Crippen LogP contribution >= 0.6 is 15.9 Å². The van der Waals surface area contributed by atoms with Crippen molar-refractivity contribution in [3.63, 3.8) is 0 Å². The normalized spacial score (nSPS) is 12.5. The monoisotopic (exact) mass is 414 g/mol. The summed E-state index contributed by atoms with van der Waals surface area (Å²) in [4.78, 5) is 23.5.